The molecule has 16 heavy (non-hydrogen) atoms. The minimum atomic E-state index is 0.411. The number of hydrogen-bond acceptors (Lipinski definition) is 3. The Morgan fingerprint density at radius 2 is 1.81 bits per heavy atom. The van der Waals surface area contributed by atoms with Crippen LogP contribution in [-0.4, -0.2) is 9.97 Å². The smallest absolute Gasteiger partial charge is 0.160 e. The molecule has 0 saturated carbocycles. The van der Waals surface area contributed by atoms with Crippen LogP contribution in [0.25, 0.3) is 11.4 Å². The van der Waals surface area contributed by atoms with Gasteiger partial charge in [-0.2, -0.15) is 5.26 Å². The Labute approximate surface area is 102 Å². The number of halogens is 2. The van der Waals surface area contributed by atoms with Gasteiger partial charge < -0.3 is 0 Å². The van der Waals surface area contributed by atoms with E-state index in [1.165, 1.54) is 12.4 Å². The molecule has 1 aromatic heterocycles. The summed E-state index contributed by atoms with van der Waals surface area (Å²) >= 11 is 11.8. The molecule has 2 rings (SSSR count). The molecule has 0 aliphatic carbocycles. The van der Waals surface area contributed by atoms with Crippen LogP contribution in [0.3, 0.4) is 0 Å². The van der Waals surface area contributed by atoms with Crippen LogP contribution in [0.1, 0.15) is 5.56 Å². The van der Waals surface area contributed by atoms with Crippen LogP contribution in [0.5, 0.6) is 0 Å². The van der Waals surface area contributed by atoms with E-state index in [1.54, 1.807) is 18.2 Å². The van der Waals surface area contributed by atoms with Gasteiger partial charge in [-0.15, -0.1) is 0 Å². The fourth-order valence-electron chi connectivity index (χ4n) is 1.20. The summed E-state index contributed by atoms with van der Waals surface area (Å²) in [7, 11) is 0. The van der Waals surface area contributed by atoms with E-state index >= 15 is 0 Å². The average Bonchev–Trinajstić information content (AvgIpc) is 2.29. The molecule has 0 bridgehead atoms. The van der Waals surface area contributed by atoms with Crippen molar-refractivity contribution in [2.75, 3.05) is 0 Å². The molecule has 3 nitrogen and oxygen atoms in total. The Kier molecular flexibility index (Phi) is 3.04. The van der Waals surface area contributed by atoms with Crippen LogP contribution in [0.4, 0.5) is 0 Å². The largest absolute Gasteiger partial charge is 0.235 e. The Morgan fingerprint density at radius 3 is 2.38 bits per heavy atom. The molecule has 0 saturated heterocycles. The Hall–Kier alpha value is -1.63. The second kappa shape index (κ2) is 4.48. The highest BCUT2D eigenvalue weighted by Gasteiger charge is 2.06. The number of benzene rings is 1. The normalized spacial score (nSPS) is 9.81. The number of hydrogen-bond donors (Lipinski definition) is 0. The second-order valence-electron chi connectivity index (χ2n) is 3.03. The number of rotatable bonds is 1. The minimum Gasteiger partial charge on any atom is -0.235 e. The molecule has 0 N–H and O–H groups in total. The van der Waals surface area contributed by atoms with E-state index in [0.29, 0.717) is 27.0 Å². The Balaban J connectivity index is 2.47. The quantitative estimate of drug-likeness (QED) is 0.779. The van der Waals surface area contributed by atoms with Crippen LogP contribution >= 0.6 is 23.2 Å². The molecule has 1 aromatic carbocycles. The molecule has 5 heteroatoms. The average molecular weight is 250 g/mol. The van der Waals surface area contributed by atoms with Gasteiger partial charge in [-0.25, -0.2) is 9.97 Å². The summed E-state index contributed by atoms with van der Waals surface area (Å²) in [6, 6.07) is 7.03. The van der Waals surface area contributed by atoms with Crippen LogP contribution in [0.2, 0.25) is 10.0 Å². The third-order valence-electron chi connectivity index (χ3n) is 1.95. The summed E-state index contributed by atoms with van der Waals surface area (Å²) in [5.41, 5.74) is 1.10. The van der Waals surface area contributed by atoms with Crippen molar-refractivity contribution in [3.8, 4) is 17.5 Å². The van der Waals surface area contributed by atoms with E-state index in [1.807, 2.05) is 6.07 Å². The highest BCUT2D eigenvalue weighted by Crippen LogP contribution is 2.27. The minimum absolute atomic E-state index is 0.411. The summed E-state index contributed by atoms with van der Waals surface area (Å²) in [5.74, 6) is 0.473. The first-order valence-electron chi connectivity index (χ1n) is 4.38. The summed E-state index contributed by atoms with van der Waals surface area (Å²) in [5, 5.41) is 9.66. The van der Waals surface area contributed by atoms with Crippen LogP contribution in [0, 0.1) is 11.3 Å². The van der Waals surface area contributed by atoms with Gasteiger partial charge in [0, 0.05) is 23.0 Å². The van der Waals surface area contributed by atoms with E-state index in [0.717, 1.165) is 0 Å². The monoisotopic (exact) mass is 249 g/mol. The lowest BCUT2D eigenvalue weighted by molar-refractivity contribution is 1.16. The van der Waals surface area contributed by atoms with Gasteiger partial charge in [-0.1, -0.05) is 23.2 Å². The summed E-state index contributed by atoms with van der Waals surface area (Å²) in [6.07, 6.45) is 2.90. The standard InChI is InChI=1S/C11H5Cl2N3/c12-8-1-2-9(10(13)3-8)11-15-5-7(4-14)6-16-11/h1-3,5-6H. The molecule has 2 aromatic rings. The molecule has 0 fully saturated rings. The third kappa shape index (κ3) is 2.13. The molecule has 78 valence electrons. The van der Waals surface area contributed by atoms with Crippen LogP contribution in [0.15, 0.2) is 30.6 Å². The van der Waals surface area contributed by atoms with E-state index < -0.39 is 0 Å². The van der Waals surface area contributed by atoms with Gasteiger partial charge in [-0.3, -0.25) is 0 Å². The zero-order chi connectivity index (χ0) is 11.5. The van der Waals surface area contributed by atoms with Crippen molar-refractivity contribution in [3.63, 3.8) is 0 Å². The molecule has 0 unspecified atom stereocenters. The van der Waals surface area contributed by atoms with Gasteiger partial charge in [0.15, 0.2) is 5.82 Å². The lowest BCUT2D eigenvalue weighted by Crippen LogP contribution is -1.90. The summed E-state index contributed by atoms with van der Waals surface area (Å²) in [4.78, 5) is 8.10. The van der Waals surface area contributed by atoms with Crippen LogP contribution < -0.4 is 0 Å². The van der Waals surface area contributed by atoms with Crippen molar-refractivity contribution in [1.82, 2.24) is 9.97 Å². The topological polar surface area (TPSA) is 49.6 Å². The van der Waals surface area contributed by atoms with Crippen molar-refractivity contribution in [2.24, 2.45) is 0 Å². The first kappa shape index (κ1) is 10.9. The number of nitriles is 1. The lowest BCUT2D eigenvalue weighted by Gasteiger charge is -2.02. The number of aromatic nitrogens is 2. The van der Waals surface area contributed by atoms with E-state index in [2.05, 4.69) is 9.97 Å². The Morgan fingerprint density at radius 1 is 1.12 bits per heavy atom. The van der Waals surface area contributed by atoms with E-state index in [9.17, 15) is 0 Å². The lowest BCUT2D eigenvalue weighted by atomic mass is 10.2. The first-order valence-corrected chi connectivity index (χ1v) is 5.14. The van der Waals surface area contributed by atoms with Crippen LogP contribution in [-0.2, 0) is 0 Å². The molecule has 0 atom stereocenters. The van der Waals surface area contributed by atoms with Crippen molar-refractivity contribution in [2.45, 2.75) is 0 Å². The molecule has 0 aliphatic heterocycles. The van der Waals surface area contributed by atoms with Gasteiger partial charge in [0.05, 0.1) is 10.6 Å². The van der Waals surface area contributed by atoms with E-state index in [4.69, 9.17) is 28.5 Å². The maximum Gasteiger partial charge on any atom is 0.160 e. The zero-order valence-electron chi connectivity index (χ0n) is 7.98. The molecule has 0 radical (unpaired) electrons. The van der Waals surface area contributed by atoms with E-state index in [-0.39, 0.29) is 0 Å². The molecule has 0 aliphatic rings. The molecular formula is C11H5Cl2N3. The SMILES string of the molecule is N#Cc1cnc(-c2ccc(Cl)cc2Cl)nc1. The number of nitrogens with zero attached hydrogens (tertiary/aromatic N) is 3. The highest BCUT2D eigenvalue weighted by molar-refractivity contribution is 6.36. The summed E-state index contributed by atoms with van der Waals surface area (Å²) < 4.78 is 0. The molecular weight excluding hydrogens is 245 g/mol. The Bertz CT molecular complexity index is 558. The van der Waals surface area contributed by atoms with Gasteiger partial charge in [0.2, 0.25) is 0 Å². The predicted molar refractivity (Wildman–Crippen MR) is 62.2 cm³/mol. The second-order valence-corrected chi connectivity index (χ2v) is 3.87. The maximum atomic E-state index is 8.62. The predicted octanol–water partition coefficient (Wildman–Crippen LogP) is 3.32. The van der Waals surface area contributed by atoms with Crippen molar-refractivity contribution in [3.05, 3.63) is 46.2 Å². The third-order valence-corrected chi connectivity index (χ3v) is 2.50. The molecule has 0 amide bonds. The molecule has 1 heterocycles. The van der Waals surface area contributed by atoms with Gasteiger partial charge >= 0.3 is 0 Å². The first-order chi connectivity index (χ1) is 7.70. The van der Waals surface area contributed by atoms with Gasteiger partial charge in [0.25, 0.3) is 0 Å². The zero-order valence-corrected chi connectivity index (χ0v) is 9.50. The van der Waals surface area contributed by atoms with Gasteiger partial charge in [0.1, 0.15) is 6.07 Å². The highest BCUT2D eigenvalue weighted by atomic mass is 35.5. The fraction of sp³-hybridized carbons (Fsp3) is 0. The van der Waals surface area contributed by atoms with Gasteiger partial charge in [-0.05, 0) is 18.2 Å². The molecule has 0 spiro atoms. The summed E-state index contributed by atoms with van der Waals surface area (Å²) in [6.45, 7) is 0. The van der Waals surface area contributed by atoms with Crippen molar-refractivity contribution in [1.29, 1.82) is 5.26 Å². The maximum absolute atomic E-state index is 8.62. The fourth-order valence-corrected chi connectivity index (χ4v) is 1.69. The van der Waals surface area contributed by atoms with Crippen molar-refractivity contribution < 1.29 is 0 Å². The van der Waals surface area contributed by atoms with Crippen molar-refractivity contribution >= 4 is 23.2 Å².